The molecule has 2 aromatic rings. The summed E-state index contributed by atoms with van der Waals surface area (Å²) in [5.74, 6) is 5.77. The van der Waals surface area contributed by atoms with Gasteiger partial charge in [-0.2, -0.15) is 0 Å². The largest absolute Gasteiger partial charge is 0.445 e. The number of rotatable bonds is 5. The SMILES string of the molecule is O=Cc1c(Cl)cccc1C#CCCNC(=O)OCc1ccccc1. The standard InChI is InChI=1S/C19H16ClNO3/c20-18-11-6-10-16(17(18)13-22)9-4-5-12-21-19(23)24-14-15-7-2-1-3-8-15/h1-3,6-8,10-11,13H,5,12,14H2,(H,21,23). The van der Waals surface area contributed by atoms with E-state index < -0.39 is 6.09 Å². The molecule has 0 aliphatic heterocycles. The van der Waals surface area contributed by atoms with Gasteiger partial charge in [-0.05, 0) is 17.7 Å². The lowest BCUT2D eigenvalue weighted by Crippen LogP contribution is -2.24. The lowest BCUT2D eigenvalue weighted by molar-refractivity contribution is 0.112. The maximum Gasteiger partial charge on any atom is 0.407 e. The summed E-state index contributed by atoms with van der Waals surface area (Å²) in [7, 11) is 0. The van der Waals surface area contributed by atoms with Gasteiger partial charge in [-0.15, -0.1) is 0 Å². The van der Waals surface area contributed by atoms with E-state index in [9.17, 15) is 9.59 Å². The smallest absolute Gasteiger partial charge is 0.407 e. The van der Waals surface area contributed by atoms with E-state index in [0.717, 1.165) is 5.56 Å². The molecule has 0 aliphatic carbocycles. The van der Waals surface area contributed by atoms with Gasteiger partial charge in [0.2, 0.25) is 0 Å². The molecule has 1 N–H and O–H groups in total. The van der Waals surface area contributed by atoms with Gasteiger partial charge in [0.1, 0.15) is 6.61 Å². The van der Waals surface area contributed by atoms with Gasteiger partial charge in [-0.1, -0.05) is 59.8 Å². The maximum atomic E-state index is 11.5. The molecule has 0 unspecified atom stereocenters. The average molecular weight is 342 g/mol. The first-order chi connectivity index (χ1) is 11.7. The van der Waals surface area contributed by atoms with Gasteiger partial charge in [0.25, 0.3) is 0 Å². The number of aldehydes is 1. The topological polar surface area (TPSA) is 55.4 Å². The molecule has 0 spiro atoms. The lowest BCUT2D eigenvalue weighted by atomic mass is 10.1. The second kappa shape index (κ2) is 9.39. The molecular formula is C19H16ClNO3. The molecule has 0 aromatic heterocycles. The van der Waals surface area contributed by atoms with E-state index in [0.29, 0.717) is 35.4 Å². The summed E-state index contributed by atoms with van der Waals surface area (Å²) in [4.78, 5) is 22.5. The molecule has 0 atom stereocenters. The molecule has 24 heavy (non-hydrogen) atoms. The number of nitrogens with one attached hydrogen (secondary N) is 1. The number of carbonyl (C=O) groups is 2. The molecule has 2 aromatic carbocycles. The highest BCUT2D eigenvalue weighted by atomic mass is 35.5. The quantitative estimate of drug-likeness (QED) is 0.511. The average Bonchev–Trinajstić information content (AvgIpc) is 2.60. The predicted octanol–water partition coefficient (Wildman–Crippen LogP) is 3.82. The lowest BCUT2D eigenvalue weighted by Gasteiger charge is -2.05. The van der Waals surface area contributed by atoms with E-state index in [1.165, 1.54) is 0 Å². The van der Waals surface area contributed by atoms with E-state index in [1.54, 1.807) is 18.2 Å². The normalized spacial score (nSPS) is 9.54. The highest BCUT2D eigenvalue weighted by Gasteiger charge is 2.03. The van der Waals surface area contributed by atoms with Crippen molar-refractivity contribution in [1.82, 2.24) is 5.32 Å². The monoisotopic (exact) mass is 341 g/mol. The van der Waals surface area contributed by atoms with Crippen LogP contribution in [-0.4, -0.2) is 18.9 Å². The number of ether oxygens (including phenoxy) is 1. The van der Waals surface area contributed by atoms with Crippen LogP contribution in [0.1, 0.15) is 27.9 Å². The van der Waals surface area contributed by atoms with Gasteiger partial charge < -0.3 is 10.1 Å². The molecule has 0 radical (unpaired) electrons. The van der Waals surface area contributed by atoms with Crippen LogP contribution in [0.2, 0.25) is 5.02 Å². The summed E-state index contributed by atoms with van der Waals surface area (Å²) in [5.41, 5.74) is 1.88. The molecule has 0 heterocycles. The Morgan fingerprint density at radius 1 is 1.17 bits per heavy atom. The number of alkyl carbamates (subject to hydrolysis) is 1. The highest BCUT2D eigenvalue weighted by Crippen LogP contribution is 2.17. The molecule has 0 aliphatic rings. The Morgan fingerprint density at radius 3 is 2.71 bits per heavy atom. The van der Waals surface area contributed by atoms with Crippen molar-refractivity contribution >= 4 is 24.0 Å². The molecule has 2 rings (SSSR count). The van der Waals surface area contributed by atoms with E-state index >= 15 is 0 Å². The number of hydrogen-bond acceptors (Lipinski definition) is 3. The Bertz CT molecular complexity index is 763. The first kappa shape index (κ1) is 17.6. The summed E-state index contributed by atoms with van der Waals surface area (Å²) in [6.45, 7) is 0.584. The number of amides is 1. The van der Waals surface area contributed by atoms with E-state index in [4.69, 9.17) is 16.3 Å². The minimum Gasteiger partial charge on any atom is -0.445 e. The zero-order chi connectivity index (χ0) is 17.2. The fraction of sp³-hybridized carbons (Fsp3) is 0.158. The molecule has 1 amide bonds. The summed E-state index contributed by atoms with van der Waals surface area (Å²) in [6, 6.07) is 14.5. The van der Waals surface area contributed by atoms with Crippen molar-refractivity contribution < 1.29 is 14.3 Å². The van der Waals surface area contributed by atoms with Crippen LogP contribution in [0.15, 0.2) is 48.5 Å². The summed E-state index contributed by atoms with van der Waals surface area (Å²) < 4.78 is 5.08. The first-order valence-corrected chi connectivity index (χ1v) is 7.75. The third kappa shape index (κ3) is 5.45. The van der Waals surface area contributed by atoms with Crippen molar-refractivity contribution in [3.63, 3.8) is 0 Å². The van der Waals surface area contributed by atoms with Crippen molar-refractivity contribution in [1.29, 1.82) is 0 Å². The third-order valence-electron chi connectivity index (χ3n) is 3.13. The van der Waals surface area contributed by atoms with Gasteiger partial charge in [0.05, 0.1) is 5.02 Å². The van der Waals surface area contributed by atoms with Gasteiger partial charge >= 0.3 is 6.09 Å². The maximum absolute atomic E-state index is 11.5. The third-order valence-corrected chi connectivity index (χ3v) is 3.46. The highest BCUT2D eigenvalue weighted by molar-refractivity contribution is 6.33. The predicted molar refractivity (Wildman–Crippen MR) is 93.0 cm³/mol. The second-order valence-electron chi connectivity index (χ2n) is 4.86. The number of carbonyl (C=O) groups excluding carboxylic acids is 2. The number of hydrogen-bond donors (Lipinski definition) is 1. The van der Waals surface area contributed by atoms with Crippen LogP contribution < -0.4 is 5.32 Å². The van der Waals surface area contributed by atoms with Crippen LogP contribution in [0, 0.1) is 11.8 Å². The van der Waals surface area contributed by atoms with Crippen LogP contribution in [-0.2, 0) is 11.3 Å². The van der Waals surface area contributed by atoms with Gasteiger partial charge in [-0.25, -0.2) is 4.79 Å². The van der Waals surface area contributed by atoms with Crippen LogP contribution in [0.25, 0.3) is 0 Å². The van der Waals surface area contributed by atoms with Crippen LogP contribution in [0.3, 0.4) is 0 Å². The molecule has 0 saturated carbocycles. The minimum atomic E-state index is -0.489. The fourth-order valence-electron chi connectivity index (χ4n) is 1.92. The van der Waals surface area contributed by atoms with Crippen molar-refractivity contribution in [3.8, 4) is 11.8 Å². The summed E-state index contributed by atoms with van der Waals surface area (Å²) in [5, 5.41) is 2.99. The van der Waals surface area contributed by atoms with E-state index in [-0.39, 0.29) is 6.61 Å². The Morgan fingerprint density at radius 2 is 1.96 bits per heavy atom. The molecule has 0 saturated heterocycles. The fourth-order valence-corrected chi connectivity index (χ4v) is 2.14. The summed E-state index contributed by atoms with van der Waals surface area (Å²) in [6.07, 6.45) is 0.633. The molecule has 5 heteroatoms. The Hall–Kier alpha value is -2.77. The van der Waals surface area contributed by atoms with Crippen molar-refractivity contribution in [2.24, 2.45) is 0 Å². The number of benzene rings is 2. The zero-order valence-electron chi connectivity index (χ0n) is 12.9. The Kier molecular flexibility index (Phi) is 6.88. The molecule has 4 nitrogen and oxygen atoms in total. The van der Waals surface area contributed by atoms with E-state index in [2.05, 4.69) is 17.2 Å². The van der Waals surface area contributed by atoms with Crippen LogP contribution >= 0.6 is 11.6 Å². The van der Waals surface area contributed by atoms with Gasteiger partial charge in [-0.3, -0.25) is 4.79 Å². The van der Waals surface area contributed by atoms with Crippen molar-refractivity contribution in [3.05, 3.63) is 70.2 Å². The molecular weight excluding hydrogens is 326 g/mol. The molecule has 0 fully saturated rings. The Balaban J connectivity index is 1.74. The summed E-state index contributed by atoms with van der Waals surface area (Å²) >= 11 is 5.92. The minimum absolute atomic E-state index is 0.226. The van der Waals surface area contributed by atoms with Crippen LogP contribution in [0.5, 0.6) is 0 Å². The molecule has 122 valence electrons. The first-order valence-electron chi connectivity index (χ1n) is 7.38. The van der Waals surface area contributed by atoms with E-state index in [1.807, 2.05) is 30.3 Å². The van der Waals surface area contributed by atoms with Crippen molar-refractivity contribution in [2.75, 3.05) is 6.54 Å². The van der Waals surface area contributed by atoms with Gasteiger partial charge in [0, 0.05) is 24.1 Å². The Labute approximate surface area is 145 Å². The van der Waals surface area contributed by atoms with Crippen molar-refractivity contribution in [2.45, 2.75) is 13.0 Å². The van der Waals surface area contributed by atoms with Crippen LogP contribution in [0.4, 0.5) is 4.79 Å². The second-order valence-corrected chi connectivity index (χ2v) is 5.27. The molecule has 0 bridgehead atoms. The number of halogens is 1. The van der Waals surface area contributed by atoms with Gasteiger partial charge in [0.15, 0.2) is 6.29 Å². The zero-order valence-corrected chi connectivity index (χ0v) is 13.7.